The first kappa shape index (κ1) is 64.1. The molecule has 0 saturated carbocycles. The molecule has 4 N–H and O–H groups in total. The molecule has 4 aromatic carbocycles. The number of carbonyl (C=O) groups excluding carboxylic acids is 1. The first-order valence-electron chi connectivity index (χ1n) is 23.2. The lowest BCUT2D eigenvalue weighted by Gasteiger charge is -2.23. The normalized spacial score (nSPS) is 13.2. The van der Waals surface area contributed by atoms with E-state index >= 15 is 0 Å². The van der Waals surface area contributed by atoms with Crippen molar-refractivity contribution in [1.29, 1.82) is 0 Å². The van der Waals surface area contributed by atoms with Gasteiger partial charge in [0.2, 0.25) is 16.5 Å². The van der Waals surface area contributed by atoms with Crippen LogP contribution in [0.3, 0.4) is 0 Å². The third-order valence-electron chi connectivity index (χ3n) is 12.0. The van der Waals surface area contributed by atoms with E-state index in [1.54, 1.807) is 22.7 Å². The summed E-state index contributed by atoms with van der Waals surface area (Å²) < 4.78 is 11.0. The molecule has 0 spiro atoms. The number of ether oxygens (including phenoxy) is 1. The highest BCUT2D eigenvalue weighted by Gasteiger charge is 2.38. The Kier molecular flexibility index (Phi) is 23.4. The van der Waals surface area contributed by atoms with Gasteiger partial charge in [0.25, 0.3) is 0 Å². The Morgan fingerprint density at radius 2 is 0.987 bits per heavy atom. The number of anilines is 4. The molecule has 19 heteroatoms. The van der Waals surface area contributed by atoms with E-state index in [1.807, 2.05) is 11.8 Å². The summed E-state index contributed by atoms with van der Waals surface area (Å²) in [5.74, 6) is -2.78. The number of rotatable bonds is 6. The number of halogens is 2. The molecule has 0 amide bonds. The third-order valence-corrected chi connectivity index (χ3v) is 15.4. The zero-order valence-corrected chi connectivity index (χ0v) is 47.6. The number of aromatic nitrogens is 2. The van der Waals surface area contributed by atoms with E-state index in [-0.39, 0.29) is 41.1 Å². The zero-order chi connectivity index (χ0) is 52.1. The van der Waals surface area contributed by atoms with Gasteiger partial charge in [0.1, 0.15) is 34.3 Å². The molecule has 2 atom stereocenters. The molecule has 4 aromatic rings. The Bertz CT molecular complexity index is 3200. The van der Waals surface area contributed by atoms with Gasteiger partial charge in [-0.05, 0) is 90.3 Å². The minimum absolute atomic E-state index is 0. The van der Waals surface area contributed by atoms with Crippen molar-refractivity contribution < 1.29 is 56.2 Å². The first-order chi connectivity index (χ1) is 34.2. The van der Waals surface area contributed by atoms with Crippen molar-refractivity contribution in [3.63, 3.8) is 0 Å². The Morgan fingerprint density at radius 1 is 0.605 bits per heavy atom. The molecule has 6 aliphatic rings. The molecule has 4 heterocycles. The van der Waals surface area contributed by atoms with Crippen molar-refractivity contribution >= 4 is 83.6 Å². The Balaban J connectivity index is 0.000000349. The lowest BCUT2D eigenvalue weighted by molar-refractivity contribution is -0.147. The van der Waals surface area contributed by atoms with E-state index < -0.39 is 36.3 Å². The highest BCUT2D eigenvalue weighted by atomic mass is 35.5. The van der Waals surface area contributed by atoms with Crippen molar-refractivity contribution in [3.8, 4) is 21.1 Å². The molecule has 0 aromatic heterocycles. The standard InChI is InChI=1S/C17H20N2S.2C16H18N3S.C6H8O6.2CH4.2ClH.H/c1-18(2)14-7-5-12-9-13-6-8-15(19(3)4)11-17(13)20-16(12)10-14;2*1-18(2)11-5-7-13-15(9-11)20-16-10-12(19(3)4)6-8-14(16)17-13;7-1-2(8)5-3(9)4(10)6(11)12-5;;;;;/h5-8,10-11H,9H2,1-4H3;2*5-10H,1-4H3;2,5,7-10H,1H2;2*1H4;2*1H;/q;2*+1;;;;;;-1/p-2/t;;;2-,5?;;;;;/m...0...../s1. The molecular formula is C57H73Cl2N8O6S3-. The van der Waals surface area contributed by atoms with E-state index in [0.29, 0.717) is 0 Å². The van der Waals surface area contributed by atoms with Crippen molar-refractivity contribution in [3.05, 3.63) is 143 Å². The number of benzene rings is 6. The van der Waals surface area contributed by atoms with E-state index in [2.05, 4.69) is 227 Å². The summed E-state index contributed by atoms with van der Waals surface area (Å²) in [5, 5.41) is 37.5. The molecule has 10 rings (SSSR count). The van der Waals surface area contributed by atoms with Gasteiger partial charge >= 0.3 is 5.97 Å². The maximum atomic E-state index is 10.5. The number of hydrogen-bond donors (Lipinski definition) is 4. The molecule has 0 radical (unpaired) electrons. The molecule has 2 aliphatic carbocycles. The Morgan fingerprint density at radius 3 is 1.33 bits per heavy atom. The van der Waals surface area contributed by atoms with Gasteiger partial charge in [0.05, 0.1) is 48.2 Å². The van der Waals surface area contributed by atoms with Gasteiger partial charge in [-0.15, -0.1) is 22.7 Å². The molecule has 4 aliphatic heterocycles. The topological polar surface area (TPSA) is 152 Å². The monoisotopic (exact) mass is 1130 g/mol. The fourth-order valence-electron chi connectivity index (χ4n) is 7.59. The van der Waals surface area contributed by atoms with E-state index in [1.165, 1.54) is 73.5 Å². The average molecular weight is 1130 g/mol. The van der Waals surface area contributed by atoms with Crippen molar-refractivity contribution in [2.75, 3.05) is 111 Å². The van der Waals surface area contributed by atoms with Crippen LogP contribution in [0.15, 0.2) is 131 Å². The van der Waals surface area contributed by atoms with E-state index in [4.69, 9.17) is 30.4 Å². The van der Waals surface area contributed by atoms with Crippen LogP contribution in [0, 0.1) is 0 Å². The van der Waals surface area contributed by atoms with Crippen LogP contribution >= 0.6 is 34.4 Å². The van der Waals surface area contributed by atoms with Gasteiger partial charge in [-0.1, -0.05) is 38.7 Å². The van der Waals surface area contributed by atoms with Crippen LogP contribution in [0.1, 0.15) is 27.4 Å². The molecule has 76 heavy (non-hydrogen) atoms. The summed E-state index contributed by atoms with van der Waals surface area (Å²) in [6, 6.07) is 39.2. The van der Waals surface area contributed by atoms with Crippen molar-refractivity contribution in [2.45, 2.75) is 43.3 Å². The van der Waals surface area contributed by atoms with Crippen LogP contribution in [0.4, 0.5) is 22.7 Å². The molecule has 0 fully saturated rings. The van der Waals surface area contributed by atoms with Crippen LogP contribution in [-0.4, -0.2) is 140 Å². The van der Waals surface area contributed by atoms with Crippen LogP contribution in [0.25, 0.3) is 41.6 Å². The van der Waals surface area contributed by atoms with E-state index in [9.17, 15) is 4.79 Å². The van der Waals surface area contributed by atoms with Gasteiger partial charge < -0.3 is 71.0 Å². The number of cyclic esters (lactones) is 1. The fraction of sp³-hybridized carbons (Fsp3) is 0.316. The second kappa shape index (κ2) is 27.7. The van der Waals surface area contributed by atoms with Crippen LogP contribution < -0.4 is 64.3 Å². The first-order valence-corrected chi connectivity index (χ1v) is 25.6. The van der Waals surface area contributed by atoms with E-state index in [0.717, 1.165) is 28.8 Å². The second-order valence-electron chi connectivity index (χ2n) is 18.6. The summed E-state index contributed by atoms with van der Waals surface area (Å²) >= 11 is 5.49. The quantitative estimate of drug-likeness (QED) is 0.110. The largest absolute Gasteiger partial charge is 1.00 e. The average Bonchev–Trinajstić information content (AvgIpc) is 3.62. The number of nitrogens with zero attached hydrogens (tertiary/aromatic N) is 8. The summed E-state index contributed by atoms with van der Waals surface area (Å²) in [4.78, 5) is 33.8. The van der Waals surface area contributed by atoms with Gasteiger partial charge in [0, 0.05) is 113 Å². The minimum Gasteiger partial charge on any atom is -1.00 e. The number of fused-ring (bicyclic) bond motifs is 6. The van der Waals surface area contributed by atoms with Crippen molar-refractivity contribution in [1.82, 2.24) is 19.1 Å². The lowest BCUT2D eigenvalue weighted by Crippen LogP contribution is -3.00. The maximum absolute atomic E-state index is 10.5. The predicted molar refractivity (Wildman–Crippen MR) is 314 cm³/mol. The summed E-state index contributed by atoms with van der Waals surface area (Å²) in [5.41, 5.74) is 12.1. The summed E-state index contributed by atoms with van der Waals surface area (Å²) in [6.45, 7) is -0.671. The summed E-state index contributed by atoms with van der Waals surface area (Å²) in [7, 11) is 24.8. The highest BCUT2D eigenvalue weighted by Crippen LogP contribution is 2.42. The smallest absolute Gasteiger partial charge is 0.377 e. The highest BCUT2D eigenvalue weighted by molar-refractivity contribution is 7.99. The number of aliphatic hydroxyl groups is 4. The molecular weight excluding hydrogens is 1060 g/mol. The SMILES string of the molecule is C.C.CN(C)c1ccc2c(c1)Sc1cc(N(C)C)ccc1C2.CN(C)c1ccc2nc3ccc(=[N+](C)C)cc-3sc2c1.CN(C)c1ccc2nc3ccc(=[N+](C)C)cc-3sc2c1.O=C1OC([C@@H](O)CO)C(O)=C1O.[Cl-].[Cl-].[H-]. The maximum Gasteiger partial charge on any atom is 0.377 e. The Hall–Kier alpha value is -6.18. The molecule has 14 nitrogen and oxygen atoms in total. The molecule has 0 saturated heterocycles. The zero-order valence-electron chi connectivity index (χ0n) is 44.6. The minimum atomic E-state index is -1.42. The number of aliphatic hydroxyl groups excluding tert-OH is 4. The van der Waals surface area contributed by atoms with Gasteiger partial charge in [-0.3, -0.25) is 0 Å². The molecule has 0 bridgehead atoms. The van der Waals surface area contributed by atoms with Gasteiger partial charge in [-0.25, -0.2) is 23.9 Å². The lowest BCUT2D eigenvalue weighted by atomic mass is 10.0. The number of hydrogen-bond acceptors (Lipinski definition) is 15. The molecule has 410 valence electrons. The predicted octanol–water partition coefficient (Wildman–Crippen LogP) is 2.86. The summed E-state index contributed by atoms with van der Waals surface area (Å²) in [6.07, 6.45) is -1.74. The Labute approximate surface area is 473 Å². The fourth-order valence-corrected chi connectivity index (χ4v) is 10.8. The third kappa shape index (κ3) is 15.1. The number of esters is 1. The van der Waals surface area contributed by atoms with Crippen molar-refractivity contribution in [2.24, 2.45) is 0 Å². The van der Waals surface area contributed by atoms with Crippen LogP contribution in [-0.2, 0) is 16.0 Å². The van der Waals surface area contributed by atoms with Gasteiger partial charge in [-0.2, -0.15) is 0 Å². The second-order valence-corrected chi connectivity index (χ2v) is 21.8. The molecule has 1 unspecified atom stereocenters. The van der Waals surface area contributed by atoms with Crippen LogP contribution in [0.2, 0.25) is 0 Å². The number of carbonyl (C=O) groups is 1. The van der Waals surface area contributed by atoms with Crippen LogP contribution in [0.5, 0.6) is 0 Å². The van der Waals surface area contributed by atoms with Gasteiger partial charge in [0.15, 0.2) is 11.9 Å².